The van der Waals surface area contributed by atoms with Crippen LogP contribution in [0.4, 0.5) is 0 Å². The summed E-state index contributed by atoms with van der Waals surface area (Å²) >= 11 is 5.85. The van der Waals surface area contributed by atoms with Crippen molar-refractivity contribution in [3.8, 4) is 11.5 Å². The number of hydrogen-bond acceptors (Lipinski definition) is 4. The van der Waals surface area contributed by atoms with E-state index < -0.39 is 5.60 Å². The van der Waals surface area contributed by atoms with Gasteiger partial charge in [-0.2, -0.15) is 0 Å². The van der Waals surface area contributed by atoms with Gasteiger partial charge in [-0.3, -0.25) is 4.79 Å². The van der Waals surface area contributed by atoms with Crippen molar-refractivity contribution in [1.29, 1.82) is 0 Å². The molecule has 0 fully saturated rings. The van der Waals surface area contributed by atoms with Crippen molar-refractivity contribution in [2.24, 2.45) is 0 Å². The fourth-order valence-corrected chi connectivity index (χ4v) is 1.53. The Morgan fingerprint density at radius 1 is 1.50 bits per heavy atom. The Bertz CT molecular complexity index is 429. The minimum Gasteiger partial charge on any atom is -0.493 e. The molecule has 0 bridgehead atoms. The summed E-state index contributed by atoms with van der Waals surface area (Å²) in [4.78, 5) is 11.0. The fraction of sp³-hybridized carbons (Fsp3) is 0.462. The van der Waals surface area contributed by atoms with Crippen LogP contribution < -0.4 is 9.47 Å². The number of aliphatic hydroxyl groups is 1. The molecule has 0 radical (unpaired) electrons. The van der Waals surface area contributed by atoms with Gasteiger partial charge in [-0.15, -0.1) is 0 Å². The zero-order valence-electron chi connectivity index (χ0n) is 10.7. The molecule has 1 rings (SSSR count). The number of halogens is 1. The van der Waals surface area contributed by atoms with Crippen LogP contribution in [-0.2, 0) is 0 Å². The molecule has 1 N–H and O–H groups in total. The van der Waals surface area contributed by atoms with Gasteiger partial charge in [-0.05, 0) is 19.4 Å². The van der Waals surface area contributed by atoms with E-state index in [1.165, 1.54) is 13.2 Å². The number of rotatable bonds is 6. The van der Waals surface area contributed by atoms with Crippen molar-refractivity contribution in [2.75, 3.05) is 13.7 Å². The molecule has 1 aromatic carbocycles. The second-order valence-electron chi connectivity index (χ2n) is 4.28. The molecular weight excluding hydrogens is 256 g/mol. The zero-order chi connectivity index (χ0) is 13.8. The van der Waals surface area contributed by atoms with Crippen LogP contribution in [0.2, 0.25) is 5.02 Å². The maximum Gasteiger partial charge on any atom is 0.171 e. The number of ether oxygens (including phenoxy) is 2. The number of benzene rings is 1. The Labute approximate surface area is 111 Å². The van der Waals surface area contributed by atoms with E-state index in [0.717, 1.165) is 0 Å². The van der Waals surface area contributed by atoms with E-state index in [0.29, 0.717) is 34.8 Å². The third kappa shape index (κ3) is 3.62. The third-order valence-corrected chi connectivity index (χ3v) is 2.90. The Balaban J connectivity index is 3.03. The van der Waals surface area contributed by atoms with E-state index >= 15 is 0 Å². The van der Waals surface area contributed by atoms with Crippen LogP contribution in [-0.4, -0.2) is 30.7 Å². The molecule has 0 aliphatic rings. The minimum absolute atomic E-state index is 0.0718. The predicted octanol–water partition coefficient (Wildman–Crippen LogP) is 2.70. The fourth-order valence-electron chi connectivity index (χ4n) is 1.31. The maximum atomic E-state index is 11.0. The summed E-state index contributed by atoms with van der Waals surface area (Å²) < 4.78 is 10.6. The quantitative estimate of drug-likeness (QED) is 0.809. The number of carbonyl (C=O) groups excluding carboxylic acids is 1. The summed E-state index contributed by atoms with van der Waals surface area (Å²) in [5.41, 5.74) is -0.656. The van der Waals surface area contributed by atoms with Crippen LogP contribution in [0, 0.1) is 0 Å². The highest BCUT2D eigenvalue weighted by molar-refractivity contribution is 6.31. The van der Waals surface area contributed by atoms with Crippen LogP contribution in [0.15, 0.2) is 12.1 Å². The minimum atomic E-state index is -0.954. The molecule has 0 heterocycles. The first-order valence-electron chi connectivity index (χ1n) is 5.61. The lowest BCUT2D eigenvalue weighted by Crippen LogP contribution is -2.31. The molecule has 1 atom stereocenters. The van der Waals surface area contributed by atoms with Gasteiger partial charge in [0.2, 0.25) is 0 Å². The summed E-state index contributed by atoms with van der Waals surface area (Å²) in [5.74, 6) is 0.669. The average Bonchev–Trinajstić information content (AvgIpc) is 2.36. The van der Waals surface area contributed by atoms with Crippen molar-refractivity contribution in [3.05, 3.63) is 22.7 Å². The van der Waals surface area contributed by atoms with Crippen LogP contribution in [0.3, 0.4) is 0 Å². The second-order valence-corrected chi connectivity index (χ2v) is 4.72. The van der Waals surface area contributed by atoms with E-state index in [-0.39, 0.29) is 6.61 Å². The summed E-state index contributed by atoms with van der Waals surface area (Å²) in [5, 5.41) is 10.3. The topological polar surface area (TPSA) is 55.8 Å². The molecule has 0 saturated carbocycles. The van der Waals surface area contributed by atoms with Gasteiger partial charge in [0.15, 0.2) is 17.8 Å². The van der Waals surface area contributed by atoms with Crippen molar-refractivity contribution in [3.63, 3.8) is 0 Å². The summed E-state index contributed by atoms with van der Waals surface area (Å²) in [6.07, 6.45) is 1.18. The molecule has 0 spiro atoms. The number of hydrogen-bond donors (Lipinski definition) is 1. The Kier molecular flexibility index (Phi) is 4.99. The summed E-state index contributed by atoms with van der Waals surface area (Å²) in [6.45, 7) is 3.58. The first-order chi connectivity index (χ1) is 8.43. The van der Waals surface area contributed by atoms with Gasteiger partial charge in [0, 0.05) is 11.1 Å². The van der Waals surface area contributed by atoms with Crippen LogP contribution in [0.25, 0.3) is 0 Å². The molecule has 100 valence electrons. The van der Waals surface area contributed by atoms with E-state index in [1.807, 2.05) is 6.92 Å². The second kappa shape index (κ2) is 6.07. The molecular formula is C13H17ClO4. The highest BCUT2D eigenvalue weighted by atomic mass is 35.5. The molecule has 1 aromatic rings. The van der Waals surface area contributed by atoms with E-state index in [9.17, 15) is 9.90 Å². The molecule has 1 unspecified atom stereocenters. The normalized spacial score (nSPS) is 13.8. The van der Waals surface area contributed by atoms with Gasteiger partial charge in [0.05, 0.1) is 18.3 Å². The molecule has 0 aliphatic heterocycles. The average molecular weight is 273 g/mol. The van der Waals surface area contributed by atoms with Crippen molar-refractivity contribution in [2.45, 2.75) is 25.9 Å². The highest BCUT2D eigenvalue weighted by Crippen LogP contribution is 2.34. The van der Waals surface area contributed by atoms with Gasteiger partial charge in [-0.1, -0.05) is 18.5 Å². The zero-order valence-corrected chi connectivity index (χ0v) is 11.5. The van der Waals surface area contributed by atoms with Crippen molar-refractivity contribution >= 4 is 17.9 Å². The first kappa shape index (κ1) is 14.8. The molecule has 18 heavy (non-hydrogen) atoms. The third-order valence-electron chi connectivity index (χ3n) is 2.68. The molecule has 5 heteroatoms. The van der Waals surface area contributed by atoms with Gasteiger partial charge in [0.25, 0.3) is 0 Å². The van der Waals surface area contributed by atoms with Crippen LogP contribution in [0.1, 0.15) is 30.6 Å². The Morgan fingerprint density at radius 3 is 2.67 bits per heavy atom. The van der Waals surface area contributed by atoms with Crippen molar-refractivity contribution in [1.82, 2.24) is 0 Å². The van der Waals surface area contributed by atoms with E-state index in [2.05, 4.69) is 0 Å². The first-order valence-corrected chi connectivity index (χ1v) is 5.99. The SMILES string of the molecule is CCC(C)(O)COc1c(C=O)cc(Cl)cc1OC. The molecule has 0 aliphatic carbocycles. The predicted molar refractivity (Wildman–Crippen MR) is 69.8 cm³/mol. The summed E-state index contributed by atoms with van der Waals surface area (Å²) in [7, 11) is 1.46. The smallest absolute Gasteiger partial charge is 0.171 e. The van der Waals surface area contributed by atoms with Gasteiger partial charge < -0.3 is 14.6 Å². The number of aldehydes is 1. The Hall–Kier alpha value is -1.26. The van der Waals surface area contributed by atoms with Gasteiger partial charge >= 0.3 is 0 Å². The highest BCUT2D eigenvalue weighted by Gasteiger charge is 2.21. The summed E-state index contributed by atoms with van der Waals surface area (Å²) in [6, 6.07) is 3.05. The molecule has 0 amide bonds. The molecule has 0 saturated heterocycles. The largest absolute Gasteiger partial charge is 0.493 e. The van der Waals surface area contributed by atoms with Gasteiger partial charge in [-0.25, -0.2) is 0 Å². The Morgan fingerprint density at radius 2 is 2.17 bits per heavy atom. The number of carbonyl (C=O) groups is 1. The lowest BCUT2D eigenvalue weighted by molar-refractivity contribution is 0.00754. The van der Waals surface area contributed by atoms with E-state index in [1.54, 1.807) is 13.0 Å². The van der Waals surface area contributed by atoms with Crippen molar-refractivity contribution < 1.29 is 19.4 Å². The number of methoxy groups -OCH3 is 1. The van der Waals surface area contributed by atoms with Crippen LogP contribution in [0.5, 0.6) is 11.5 Å². The van der Waals surface area contributed by atoms with Gasteiger partial charge in [0.1, 0.15) is 6.61 Å². The van der Waals surface area contributed by atoms with Crippen LogP contribution >= 0.6 is 11.6 Å². The van der Waals surface area contributed by atoms with E-state index in [4.69, 9.17) is 21.1 Å². The monoisotopic (exact) mass is 272 g/mol. The lowest BCUT2D eigenvalue weighted by atomic mass is 10.1. The lowest BCUT2D eigenvalue weighted by Gasteiger charge is -2.23. The maximum absolute atomic E-state index is 11.0. The molecule has 4 nitrogen and oxygen atoms in total. The standard InChI is InChI=1S/C13H17ClO4/c1-4-13(2,16)8-18-12-9(7-15)5-10(14)6-11(12)17-3/h5-7,16H,4,8H2,1-3H3. The molecule has 0 aromatic heterocycles.